The number of carbonyl (C=O) groups is 1. The van der Waals surface area contributed by atoms with Crippen molar-refractivity contribution in [2.45, 2.75) is 25.2 Å². The summed E-state index contributed by atoms with van der Waals surface area (Å²) in [5.41, 5.74) is -0.235. The van der Waals surface area contributed by atoms with Crippen LogP contribution >= 0.6 is 0 Å². The molecule has 0 aliphatic heterocycles. The van der Waals surface area contributed by atoms with Gasteiger partial charge in [0, 0.05) is 12.4 Å². The Bertz CT molecular complexity index is 592. The Morgan fingerprint density at radius 2 is 2.32 bits per heavy atom. The summed E-state index contributed by atoms with van der Waals surface area (Å²) in [6.45, 7) is 2.11. The first-order valence-electron chi connectivity index (χ1n) is 6.04. The van der Waals surface area contributed by atoms with Gasteiger partial charge < -0.3 is 9.26 Å². The summed E-state index contributed by atoms with van der Waals surface area (Å²) < 4.78 is 10.2. The molecule has 0 radical (unpaired) electrons. The van der Waals surface area contributed by atoms with Crippen molar-refractivity contribution in [3.63, 3.8) is 0 Å². The first-order chi connectivity index (χ1) is 9.26. The number of nitrogens with zero attached hydrogens (tertiary/aromatic N) is 4. The lowest BCUT2D eigenvalue weighted by Crippen LogP contribution is -2.23. The molecule has 0 unspecified atom stereocenters. The van der Waals surface area contributed by atoms with E-state index in [0.717, 1.165) is 0 Å². The van der Waals surface area contributed by atoms with Gasteiger partial charge in [0.15, 0.2) is 0 Å². The molecule has 1 aliphatic carbocycles. The van der Waals surface area contributed by atoms with Crippen molar-refractivity contribution < 1.29 is 14.1 Å². The fraction of sp³-hybridized carbons (Fsp3) is 0.417. The third kappa shape index (κ3) is 1.96. The van der Waals surface area contributed by atoms with Crippen molar-refractivity contribution in [1.29, 1.82) is 0 Å². The molecular formula is C12H12N4O3. The molecular weight excluding hydrogens is 248 g/mol. The molecule has 0 saturated heterocycles. The van der Waals surface area contributed by atoms with Crippen LogP contribution in [-0.4, -0.2) is 32.7 Å². The third-order valence-electron chi connectivity index (χ3n) is 3.04. The van der Waals surface area contributed by atoms with Gasteiger partial charge in [0.05, 0.1) is 12.8 Å². The van der Waals surface area contributed by atoms with Crippen molar-refractivity contribution in [1.82, 2.24) is 20.1 Å². The molecule has 0 amide bonds. The minimum atomic E-state index is -0.747. The zero-order valence-electron chi connectivity index (χ0n) is 10.4. The van der Waals surface area contributed by atoms with Crippen molar-refractivity contribution >= 4 is 5.97 Å². The number of hydrogen-bond donors (Lipinski definition) is 0. The number of esters is 1. The highest BCUT2D eigenvalue weighted by molar-refractivity contribution is 5.85. The molecule has 3 rings (SSSR count). The minimum Gasteiger partial charge on any atom is -0.465 e. The maximum absolute atomic E-state index is 11.9. The average Bonchev–Trinajstić information content (AvgIpc) is 3.11. The van der Waals surface area contributed by atoms with E-state index >= 15 is 0 Å². The average molecular weight is 260 g/mol. The lowest BCUT2D eigenvalue weighted by molar-refractivity contribution is -0.146. The van der Waals surface area contributed by atoms with Crippen LogP contribution < -0.4 is 0 Å². The van der Waals surface area contributed by atoms with E-state index in [-0.39, 0.29) is 5.97 Å². The maximum atomic E-state index is 11.9. The summed E-state index contributed by atoms with van der Waals surface area (Å²) in [4.78, 5) is 24.2. The molecule has 98 valence electrons. The molecule has 1 saturated carbocycles. The Morgan fingerprint density at radius 1 is 1.47 bits per heavy atom. The SMILES string of the molecule is CCOC(=O)C1(c2nc(-c3cnccn3)no2)CC1. The zero-order valence-corrected chi connectivity index (χ0v) is 10.4. The lowest BCUT2D eigenvalue weighted by atomic mass is 10.1. The number of rotatable bonds is 4. The molecule has 7 heteroatoms. The van der Waals surface area contributed by atoms with E-state index in [9.17, 15) is 4.79 Å². The summed E-state index contributed by atoms with van der Waals surface area (Å²) in [6.07, 6.45) is 6.00. The molecule has 2 aromatic heterocycles. The Kier molecular flexibility index (Phi) is 2.73. The molecule has 0 spiro atoms. The van der Waals surface area contributed by atoms with E-state index in [4.69, 9.17) is 9.26 Å². The first-order valence-corrected chi connectivity index (χ1v) is 6.04. The molecule has 2 aromatic rings. The van der Waals surface area contributed by atoms with Gasteiger partial charge in [-0.3, -0.25) is 9.78 Å². The molecule has 0 aromatic carbocycles. The summed E-state index contributed by atoms with van der Waals surface area (Å²) >= 11 is 0. The van der Waals surface area contributed by atoms with Gasteiger partial charge in [0.25, 0.3) is 0 Å². The van der Waals surface area contributed by atoms with Crippen molar-refractivity contribution in [3.05, 3.63) is 24.5 Å². The topological polar surface area (TPSA) is 91.0 Å². The second-order valence-electron chi connectivity index (χ2n) is 4.32. The molecule has 0 N–H and O–H groups in total. The highest BCUT2D eigenvalue weighted by Gasteiger charge is 2.57. The molecule has 2 heterocycles. The number of carbonyl (C=O) groups excluding carboxylic acids is 1. The van der Waals surface area contributed by atoms with Crippen LogP contribution in [0.3, 0.4) is 0 Å². The minimum absolute atomic E-state index is 0.298. The Balaban J connectivity index is 1.88. The van der Waals surface area contributed by atoms with Gasteiger partial charge in [-0.25, -0.2) is 4.98 Å². The molecule has 19 heavy (non-hydrogen) atoms. The Hall–Kier alpha value is -2.31. The second kappa shape index (κ2) is 4.42. The van der Waals surface area contributed by atoms with E-state index in [1.54, 1.807) is 25.5 Å². The summed E-state index contributed by atoms with van der Waals surface area (Å²) in [5, 5.41) is 3.84. The van der Waals surface area contributed by atoms with Gasteiger partial charge >= 0.3 is 5.97 Å². The predicted molar refractivity (Wildman–Crippen MR) is 62.9 cm³/mol. The Morgan fingerprint density at radius 3 is 2.95 bits per heavy atom. The standard InChI is InChI=1S/C12H12N4O3/c1-2-18-11(17)12(3-4-12)10-15-9(16-19-10)8-7-13-5-6-14-8/h5-7H,2-4H2,1H3. The summed E-state index contributed by atoms with van der Waals surface area (Å²) in [6, 6.07) is 0. The molecule has 0 atom stereocenters. The normalized spacial score (nSPS) is 16.1. The largest absolute Gasteiger partial charge is 0.465 e. The van der Waals surface area contributed by atoms with Crippen LogP contribution in [0.2, 0.25) is 0 Å². The van der Waals surface area contributed by atoms with E-state index < -0.39 is 5.41 Å². The van der Waals surface area contributed by atoms with E-state index in [0.29, 0.717) is 36.9 Å². The highest BCUT2D eigenvalue weighted by Crippen LogP contribution is 2.48. The van der Waals surface area contributed by atoms with Crippen LogP contribution in [0.25, 0.3) is 11.5 Å². The first kappa shape index (κ1) is 11.8. The maximum Gasteiger partial charge on any atom is 0.321 e. The lowest BCUT2D eigenvalue weighted by Gasteiger charge is -2.07. The third-order valence-corrected chi connectivity index (χ3v) is 3.04. The molecule has 1 fully saturated rings. The van der Waals surface area contributed by atoms with E-state index in [1.165, 1.54) is 0 Å². The van der Waals surface area contributed by atoms with Crippen LogP contribution in [-0.2, 0) is 14.9 Å². The highest BCUT2D eigenvalue weighted by atomic mass is 16.5. The van der Waals surface area contributed by atoms with E-state index in [2.05, 4.69) is 20.1 Å². The second-order valence-corrected chi connectivity index (χ2v) is 4.32. The number of aromatic nitrogens is 4. The number of ether oxygens (including phenoxy) is 1. The fourth-order valence-electron chi connectivity index (χ4n) is 1.84. The molecule has 0 bridgehead atoms. The van der Waals surface area contributed by atoms with Crippen LogP contribution in [0.5, 0.6) is 0 Å². The van der Waals surface area contributed by atoms with Gasteiger partial charge in [-0.15, -0.1) is 0 Å². The van der Waals surface area contributed by atoms with Gasteiger partial charge in [0.2, 0.25) is 11.7 Å². The fourth-order valence-corrected chi connectivity index (χ4v) is 1.84. The van der Waals surface area contributed by atoms with Gasteiger partial charge in [0.1, 0.15) is 11.1 Å². The van der Waals surface area contributed by atoms with Crippen LogP contribution in [0, 0.1) is 0 Å². The van der Waals surface area contributed by atoms with Gasteiger partial charge in [-0.2, -0.15) is 4.98 Å². The van der Waals surface area contributed by atoms with Crippen LogP contribution in [0.15, 0.2) is 23.1 Å². The molecule has 1 aliphatic rings. The Labute approximate surface area is 109 Å². The number of hydrogen-bond acceptors (Lipinski definition) is 7. The van der Waals surface area contributed by atoms with Crippen LogP contribution in [0.4, 0.5) is 0 Å². The zero-order chi connectivity index (χ0) is 13.3. The van der Waals surface area contributed by atoms with Crippen molar-refractivity contribution in [2.24, 2.45) is 0 Å². The molecule has 7 nitrogen and oxygen atoms in total. The van der Waals surface area contributed by atoms with Crippen molar-refractivity contribution in [2.75, 3.05) is 6.61 Å². The summed E-state index contributed by atoms with van der Waals surface area (Å²) in [7, 11) is 0. The smallest absolute Gasteiger partial charge is 0.321 e. The van der Waals surface area contributed by atoms with Crippen molar-refractivity contribution in [3.8, 4) is 11.5 Å². The van der Waals surface area contributed by atoms with Gasteiger partial charge in [-0.05, 0) is 19.8 Å². The van der Waals surface area contributed by atoms with Crippen LogP contribution in [0.1, 0.15) is 25.7 Å². The van der Waals surface area contributed by atoms with Gasteiger partial charge in [-0.1, -0.05) is 5.16 Å². The monoisotopic (exact) mass is 260 g/mol. The predicted octanol–water partition coefficient (Wildman–Crippen LogP) is 1.12. The summed E-state index contributed by atoms with van der Waals surface area (Å²) in [5.74, 6) is 0.328. The van der Waals surface area contributed by atoms with E-state index in [1.807, 2.05) is 0 Å². The quantitative estimate of drug-likeness (QED) is 0.760.